The van der Waals surface area contributed by atoms with Crippen molar-refractivity contribution in [2.45, 2.75) is 0 Å². The molecule has 0 fully saturated rings. The van der Waals surface area contributed by atoms with Gasteiger partial charge in [0.1, 0.15) is 10.7 Å². The Labute approximate surface area is 112 Å². The van der Waals surface area contributed by atoms with Crippen molar-refractivity contribution in [1.82, 2.24) is 9.97 Å². The molecule has 0 aliphatic carbocycles. The third kappa shape index (κ3) is 1.15. The summed E-state index contributed by atoms with van der Waals surface area (Å²) in [6, 6.07) is 15.9. The third-order valence-corrected chi connectivity index (χ3v) is 3.63. The molecular weight excluding hydrogens is 248 g/mol. The van der Waals surface area contributed by atoms with Gasteiger partial charge in [-0.05, 0) is 12.1 Å². The van der Waals surface area contributed by atoms with Crippen LogP contribution < -0.4 is 10.7 Å². The molecule has 0 saturated heterocycles. The van der Waals surface area contributed by atoms with Crippen LogP contribution in [0.15, 0.2) is 58.5 Å². The lowest BCUT2D eigenvalue weighted by atomic mass is 10.3. The van der Waals surface area contributed by atoms with E-state index in [0.717, 1.165) is 31.9 Å². The van der Waals surface area contributed by atoms with Crippen molar-refractivity contribution in [3.8, 4) is 0 Å². The molecule has 2 aliphatic heterocycles. The van der Waals surface area contributed by atoms with E-state index < -0.39 is 0 Å². The van der Waals surface area contributed by atoms with Gasteiger partial charge in [0.15, 0.2) is 11.6 Å². The lowest BCUT2D eigenvalue weighted by Gasteiger charge is -1.92. The molecule has 0 N–H and O–H groups in total. The van der Waals surface area contributed by atoms with Crippen LogP contribution in [0.1, 0.15) is 0 Å². The van der Waals surface area contributed by atoms with E-state index in [1.165, 1.54) is 0 Å². The molecule has 4 heteroatoms. The fraction of sp³-hybridized carbons (Fsp3) is 0. The number of fused-ring (bicyclic) bond motifs is 4. The van der Waals surface area contributed by atoms with Crippen molar-refractivity contribution in [2.75, 3.05) is 0 Å². The number of rotatable bonds is 0. The van der Waals surface area contributed by atoms with E-state index in [9.17, 15) is 0 Å². The molecule has 0 saturated carbocycles. The van der Waals surface area contributed by atoms with Crippen LogP contribution in [0.5, 0.6) is 0 Å². The minimum Gasteiger partial charge on any atom is -0.227 e. The first-order valence-electron chi connectivity index (χ1n) is 6.44. The number of para-hydroxylation sites is 2. The molecule has 0 unspecified atom stereocenters. The summed E-state index contributed by atoms with van der Waals surface area (Å²) >= 11 is 0. The molecule has 2 aromatic carbocycles. The first-order chi connectivity index (χ1) is 9.90. The molecule has 3 heterocycles. The Bertz CT molecular complexity index is 1100. The highest BCUT2D eigenvalue weighted by molar-refractivity contribution is 5.42. The van der Waals surface area contributed by atoms with Gasteiger partial charge in [0.2, 0.25) is 0 Å². The van der Waals surface area contributed by atoms with Gasteiger partial charge >= 0.3 is 0 Å². The maximum Gasteiger partial charge on any atom is 0.180 e. The molecule has 92 valence electrons. The van der Waals surface area contributed by atoms with Crippen LogP contribution in [0.25, 0.3) is 0 Å². The Balaban J connectivity index is 2.07. The zero-order valence-corrected chi connectivity index (χ0v) is 10.4. The summed E-state index contributed by atoms with van der Waals surface area (Å²) in [6.07, 6.45) is 0. The van der Waals surface area contributed by atoms with E-state index >= 15 is 0 Å². The van der Waals surface area contributed by atoms with Crippen LogP contribution >= 0.6 is 0 Å². The van der Waals surface area contributed by atoms with Gasteiger partial charge < -0.3 is 0 Å². The highest BCUT2D eigenvalue weighted by Crippen LogP contribution is 2.20. The lowest BCUT2D eigenvalue weighted by Crippen LogP contribution is -1.98. The van der Waals surface area contributed by atoms with E-state index in [-0.39, 0.29) is 0 Å². The predicted molar refractivity (Wildman–Crippen MR) is 71.9 cm³/mol. The van der Waals surface area contributed by atoms with Gasteiger partial charge in [-0.15, -0.1) is 0 Å². The minimum atomic E-state index is 0.692. The molecule has 0 bridgehead atoms. The van der Waals surface area contributed by atoms with E-state index in [0.29, 0.717) is 11.6 Å². The van der Waals surface area contributed by atoms with Crippen LogP contribution in [-0.2, 0) is 0 Å². The molecular formula is C16H8N4. The van der Waals surface area contributed by atoms with Crippen LogP contribution in [0, 0.1) is 21.1 Å². The molecule has 2 aliphatic rings. The Hall–Kier alpha value is -2.88. The van der Waals surface area contributed by atoms with Gasteiger partial charge in [-0.25, -0.2) is 20.0 Å². The van der Waals surface area contributed by atoms with Crippen molar-refractivity contribution < 1.29 is 0 Å². The summed E-state index contributed by atoms with van der Waals surface area (Å²) < 4.78 is 0. The summed E-state index contributed by atoms with van der Waals surface area (Å²) in [6.45, 7) is 0. The lowest BCUT2D eigenvalue weighted by molar-refractivity contribution is 1.10. The van der Waals surface area contributed by atoms with Gasteiger partial charge in [0, 0.05) is 10.4 Å². The molecule has 0 atom stereocenters. The average Bonchev–Trinajstić information content (AvgIpc) is 3.02. The summed E-state index contributed by atoms with van der Waals surface area (Å²) in [5.41, 5.74) is 0. The van der Waals surface area contributed by atoms with Gasteiger partial charge in [-0.1, -0.05) is 36.4 Å². The molecule has 0 amide bonds. The van der Waals surface area contributed by atoms with Crippen molar-refractivity contribution in [2.24, 2.45) is 9.98 Å². The Kier molecular flexibility index (Phi) is 1.68. The van der Waals surface area contributed by atoms with E-state index in [2.05, 4.69) is 20.0 Å². The number of hydrogen-bond donors (Lipinski definition) is 0. The Morgan fingerprint density at radius 2 is 1.00 bits per heavy atom. The SMILES string of the molecule is c1ccc2c(c1)=Nc1nc3c(nc1=2)N=c1ccccc1=3. The van der Waals surface area contributed by atoms with Crippen molar-refractivity contribution in [1.29, 1.82) is 0 Å². The second kappa shape index (κ2) is 3.36. The first kappa shape index (κ1) is 9.97. The van der Waals surface area contributed by atoms with Crippen molar-refractivity contribution in [3.63, 3.8) is 0 Å². The number of hydrogen-bond acceptors (Lipinski definition) is 4. The van der Waals surface area contributed by atoms with Gasteiger partial charge in [0.05, 0.1) is 10.7 Å². The molecule has 4 nitrogen and oxygen atoms in total. The summed E-state index contributed by atoms with van der Waals surface area (Å²) in [4.78, 5) is 18.4. The number of benzene rings is 2. The largest absolute Gasteiger partial charge is 0.227 e. The minimum absolute atomic E-state index is 0.692. The van der Waals surface area contributed by atoms with Crippen molar-refractivity contribution >= 4 is 11.6 Å². The fourth-order valence-electron chi connectivity index (χ4n) is 2.71. The van der Waals surface area contributed by atoms with Gasteiger partial charge in [-0.2, -0.15) is 0 Å². The fourth-order valence-corrected chi connectivity index (χ4v) is 2.71. The highest BCUT2D eigenvalue weighted by atomic mass is 15.0. The van der Waals surface area contributed by atoms with E-state index in [4.69, 9.17) is 0 Å². The normalized spacial score (nSPS) is 12.8. The molecule has 3 aromatic rings. The first-order valence-corrected chi connectivity index (χ1v) is 6.44. The second-order valence-electron chi connectivity index (χ2n) is 4.83. The molecule has 5 rings (SSSR count). The van der Waals surface area contributed by atoms with Crippen LogP contribution in [0.3, 0.4) is 0 Å². The maximum atomic E-state index is 4.67. The summed E-state index contributed by atoms with van der Waals surface area (Å²) in [7, 11) is 0. The standard InChI is InChI=1S/C16H8N4/c1-3-7-11-9(5-1)13-15(17-11)20-14-10-6-2-4-8-12(10)18-16(14)19-13/h1-8H. The number of nitrogens with zero attached hydrogens (tertiary/aromatic N) is 4. The number of aromatic nitrogens is 2. The molecule has 0 radical (unpaired) electrons. The average molecular weight is 256 g/mol. The topological polar surface area (TPSA) is 50.5 Å². The van der Waals surface area contributed by atoms with Crippen LogP contribution in [0.2, 0.25) is 0 Å². The van der Waals surface area contributed by atoms with Gasteiger partial charge in [-0.3, -0.25) is 0 Å². The van der Waals surface area contributed by atoms with Crippen LogP contribution in [-0.4, -0.2) is 9.97 Å². The predicted octanol–water partition coefficient (Wildman–Crippen LogP) is 1.58. The summed E-state index contributed by atoms with van der Waals surface area (Å²) in [5, 5.41) is 5.58. The zero-order valence-electron chi connectivity index (χ0n) is 10.4. The second-order valence-corrected chi connectivity index (χ2v) is 4.83. The molecule has 1 aromatic heterocycles. The van der Waals surface area contributed by atoms with Gasteiger partial charge in [0.25, 0.3) is 0 Å². The quantitative estimate of drug-likeness (QED) is 0.422. The Morgan fingerprint density at radius 1 is 0.550 bits per heavy atom. The molecule has 0 spiro atoms. The zero-order chi connectivity index (χ0) is 13.1. The highest BCUT2D eigenvalue weighted by Gasteiger charge is 2.12. The maximum absolute atomic E-state index is 4.67. The Morgan fingerprint density at radius 3 is 1.50 bits per heavy atom. The summed E-state index contributed by atoms with van der Waals surface area (Å²) in [5.74, 6) is 1.38. The monoisotopic (exact) mass is 256 g/mol. The van der Waals surface area contributed by atoms with Crippen LogP contribution in [0.4, 0.5) is 11.6 Å². The van der Waals surface area contributed by atoms with E-state index in [1.807, 2.05) is 48.5 Å². The third-order valence-electron chi connectivity index (χ3n) is 3.63. The van der Waals surface area contributed by atoms with Crippen molar-refractivity contribution in [3.05, 3.63) is 80.4 Å². The molecule has 20 heavy (non-hydrogen) atoms. The smallest absolute Gasteiger partial charge is 0.180 e. The van der Waals surface area contributed by atoms with E-state index in [1.54, 1.807) is 0 Å².